The van der Waals surface area contributed by atoms with E-state index >= 15 is 0 Å². The molecule has 0 heterocycles. The number of ketones is 1. The summed E-state index contributed by atoms with van der Waals surface area (Å²) in [4.78, 5) is 12.1. The summed E-state index contributed by atoms with van der Waals surface area (Å²) < 4.78 is 0. The van der Waals surface area contributed by atoms with Crippen molar-refractivity contribution in [3.63, 3.8) is 0 Å². The van der Waals surface area contributed by atoms with E-state index in [1.165, 1.54) is 57.8 Å². The van der Waals surface area contributed by atoms with Crippen LogP contribution in [0, 0.1) is 52.3 Å². The highest BCUT2D eigenvalue weighted by atomic mass is 16.1. The Morgan fingerprint density at radius 3 is 2.43 bits per heavy atom. The third-order valence-electron chi connectivity index (χ3n) is 11.2. The Morgan fingerprint density at radius 1 is 1.00 bits per heavy atom. The molecular formula is C29H48O. The predicted octanol–water partition coefficient (Wildman–Crippen LogP) is 8.23. The maximum absolute atomic E-state index is 12.1. The van der Waals surface area contributed by atoms with E-state index < -0.39 is 0 Å². The van der Waals surface area contributed by atoms with Crippen LogP contribution in [-0.2, 0) is 4.79 Å². The van der Waals surface area contributed by atoms with Crippen LogP contribution in [0.4, 0.5) is 0 Å². The predicted molar refractivity (Wildman–Crippen MR) is 127 cm³/mol. The minimum atomic E-state index is 0.458. The van der Waals surface area contributed by atoms with Gasteiger partial charge in [-0.15, -0.1) is 0 Å². The van der Waals surface area contributed by atoms with Gasteiger partial charge >= 0.3 is 0 Å². The van der Waals surface area contributed by atoms with E-state index in [-0.39, 0.29) is 0 Å². The third-order valence-corrected chi connectivity index (χ3v) is 11.2. The number of carbonyl (C=O) groups is 1. The average Bonchev–Trinajstić information content (AvgIpc) is 3.06. The molecule has 1 nitrogen and oxygen atoms in total. The Balaban J connectivity index is 1.47. The van der Waals surface area contributed by atoms with Gasteiger partial charge in [0.15, 0.2) is 0 Å². The fraction of sp³-hybridized carbons (Fsp3) is 0.897. The van der Waals surface area contributed by atoms with Crippen LogP contribution in [0.2, 0.25) is 0 Å². The van der Waals surface area contributed by atoms with Crippen LogP contribution in [0.5, 0.6) is 0 Å². The Hall–Kier alpha value is -0.590. The molecule has 4 fully saturated rings. The average molecular weight is 413 g/mol. The quantitative estimate of drug-likeness (QED) is 0.415. The van der Waals surface area contributed by atoms with E-state index in [0.717, 1.165) is 42.4 Å². The summed E-state index contributed by atoms with van der Waals surface area (Å²) in [5, 5.41) is 0. The zero-order valence-corrected chi connectivity index (χ0v) is 20.8. The second-order valence-electron chi connectivity index (χ2n) is 12.7. The number of hydrogen-bond acceptors (Lipinski definition) is 1. The Morgan fingerprint density at radius 2 is 1.73 bits per heavy atom. The summed E-state index contributed by atoms with van der Waals surface area (Å²) in [6.07, 6.45) is 16.6. The van der Waals surface area contributed by atoms with Crippen LogP contribution in [0.3, 0.4) is 0 Å². The molecule has 30 heavy (non-hydrogen) atoms. The van der Waals surface area contributed by atoms with E-state index in [9.17, 15) is 4.79 Å². The molecule has 0 aliphatic heterocycles. The van der Waals surface area contributed by atoms with Gasteiger partial charge in [0.05, 0.1) is 0 Å². The number of fused-ring (bicyclic) bond motifs is 5. The molecule has 0 spiro atoms. The van der Waals surface area contributed by atoms with Gasteiger partial charge in [-0.2, -0.15) is 0 Å². The molecule has 0 amide bonds. The lowest BCUT2D eigenvalue weighted by Crippen LogP contribution is -2.53. The molecule has 0 aromatic carbocycles. The molecule has 4 aliphatic carbocycles. The van der Waals surface area contributed by atoms with Crippen LogP contribution < -0.4 is 0 Å². The Kier molecular flexibility index (Phi) is 6.33. The van der Waals surface area contributed by atoms with Crippen LogP contribution in [0.15, 0.2) is 11.6 Å². The number of carbonyl (C=O) groups excluding carboxylic acids is 1. The molecule has 1 unspecified atom stereocenters. The van der Waals surface area contributed by atoms with Crippen molar-refractivity contribution in [1.82, 2.24) is 0 Å². The zero-order valence-electron chi connectivity index (χ0n) is 20.8. The van der Waals surface area contributed by atoms with Gasteiger partial charge in [-0.1, -0.05) is 46.3 Å². The van der Waals surface area contributed by atoms with Gasteiger partial charge in [0, 0.05) is 12.8 Å². The van der Waals surface area contributed by atoms with Gasteiger partial charge in [-0.3, -0.25) is 4.79 Å². The first-order valence-corrected chi connectivity index (χ1v) is 13.4. The monoisotopic (exact) mass is 412 g/mol. The first-order chi connectivity index (χ1) is 14.2. The zero-order chi connectivity index (χ0) is 21.7. The van der Waals surface area contributed by atoms with E-state index in [1.807, 2.05) is 0 Å². The molecule has 0 aromatic heterocycles. The Labute approximate surface area is 186 Å². The fourth-order valence-electron chi connectivity index (χ4n) is 9.38. The van der Waals surface area contributed by atoms with E-state index in [2.05, 4.69) is 47.6 Å². The van der Waals surface area contributed by atoms with Crippen molar-refractivity contribution in [3.8, 4) is 0 Å². The molecule has 0 radical (unpaired) electrons. The lowest BCUT2D eigenvalue weighted by molar-refractivity contribution is -0.140. The molecule has 1 heteroatoms. The van der Waals surface area contributed by atoms with Crippen molar-refractivity contribution in [2.24, 2.45) is 52.3 Å². The van der Waals surface area contributed by atoms with Crippen molar-refractivity contribution in [2.45, 2.75) is 112 Å². The molecule has 0 N–H and O–H groups in total. The van der Waals surface area contributed by atoms with Crippen LogP contribution in [0.25, 0.3) is 0 Å². The highest BCUT2D eigenvalue weighted by Crippen LogP contribution is 2.68. The first kappa shape index (κ1) is 22.6. The number of allylic oxidation sites excluding steroid dienone is 2. The lowest BCUT2D eigenvalue weighted by Gasteiger charge is -2.60. The van der Waals surface area contributed by atoms with Gasteiger partial charge in [0.1, 0.15) is 5.78 Å². The van der Waals surface area contributed by atoms with Crippen LogP contribution in [-0.4, -0.2) is 5.78 Å². The standard InChI is InChI=1S/C29H48O/c1-7-21(19(2)3)9-8-20(4)25-12-13-26-24-11-10-22-18-23(30)14-16-28(22,5)27(24)15-17-29(25,26)6/h7,19-20,22,24-27H,8-18H2,1-6H3/t20-,22?,24+,25-,26+,27+,28+,29-/m1/s1. The lowest BCUT2D eigenvalue weighted by atomic mass is 9.44. The first-order valence-electron chi connectivity index (χ1n) is 13.4. The molecule has 4 aliphatic rings. The summed E-state index contributed by atoms with van der Waals surface area (Å²) in [6, 6.07) is 0. The highest BCUT2D eigenvalue weighted by Gasteiger charge is 2.60. The summed E-state index contributed by atoms with van der Waals surface area (Å²) in [7, 11) is 0. The molecule has 0 aromatic rings. The van der Waals surface area contributed by atoms with Gasteiger partial charge in [-0.05, 0) is 117 Å². The number of rotatable bonds is 5. The summed E-state index contributed by atoms with van der Waals surface area (Å²) in [6.45, 7) is 14.8. The minimum Gasteiger partial charge on any atom is -0.300 e. The third kappa shape index (κ3) is 3.65. The molecule has 0 saturated heterocycles. The molecule has 170 valence electrons. The van der Waals surface area contributed by atoms with Crippen molar-refractivity contribution >= 4 is 5.78 Å². The number of hydrogen-bond donors (Lipinski definition) is 0. The maximum atomic E-state index is 12.1. The highest BCUT2D eigenvalue weighted by molar-refractivity contribution is 5.79. The molecule has 4 rings (SSSR count). The van der Waals surface area contributed by atoms with Crippen molar-refractivity contribution in [2.75, 3.05) is 0 Å². The van der Waals surface area contributed by atoms with E-state index in [1.54, 1.807) is 5.57 Å². The molecule has 0 bridgehead atoms. The second-order valence-corrected chi connectivity index (χ2v) is 12.7. The van der Waals surface area contributed by atoms with Gasteiger partial charge in [0.2, 0.25) is 0 Å². The largest absolute Gasteiger partial charge is 0.300 e. The topological polar surface area (TPSA) is 17.1 Å². The smallest absolute Gasteiger partial charge is 0.133 e. The van der Waals surface area contributed by atoms with E-state index in [0.29, 0.717) is 28.4 Å². The molecule has 8 atom stereocenters. The summed E-state index contributed by atoms with van der Waals surface area (Å²) in [5.41, 5.74) is 2.69. The Bertz CT molecular complexity index is 674. The normalized spacial score (nSPS) is 45.1. The fourth-order valence-corrected chi connectivity index (χ4v) is 9.38. The molecule has 4 saturated carbocycles. The summed E-state index contributed by atoms with van der Waals surface area (Å²) in [5.74, 6) is 6.50. The number of Topliss-reactive ketones (excluding diaryl/α,β-unsaturated/α-hetero) is 1. The minimum absolute atomic E-state index is 0.458. The van der Waals surface area contributed by atoms with Crippen molar-refractivity contribution in [1.29, 1.82) is 0 Å². The summed E-state index contributed by atoms with van der Waals surface area (Å²) >= 11 is 0. The van der Waals surface area contributed by atoms with Crippen LogP contribution in [0.1, 0.15) is 112 Å². The van der Waals surface area contributed by atoms with Gasteiger partial charge in [0.25, 0.3) is 0 Å². The van der Waals surface area contributed by atoms with Crippen LogP contribution >= 0.6 is 0 Å². The van der Waals surface area contributed by atoms with Crippen molar-refractivity contribution in [3.05, 3.63) is 11.6 Å². The van der Waals surface area contributed by atoms with E-state index in [4.69, 9.17) is 0 Å². The SMILES string of the molecule is CC=C(CC[C@@H](C)[C@H]1CC[C@H]2[C@@H]3CCC4CC(=O)CC[C@]4(C)[C@H]3CC[C@]12C)C(C)C. The van der Waals surface area contributed by atoms with Gasteiger partial charge in [-0.25, -0.2) is 0 Å². The second kappa shape index (κ2) is 8.40. The maximum Gasteiger partial charge on any atom is 0.133 e. The molecular weight excluding hydrogens is 364 g/mol. The van der Waals surface area contributed by atoms with Gasteiger partial charge < -0.3 is 0 Å². The van der Waals surface area contributed by atoms with Crippen molar-refractivity contribution < 1.29 is 4.79 Å².